The zero-order chi connectivity index (χ0) is 15.3. The molecule has 1 saturated heterocycles. The van der Waals surface area contributed by atoms with Crippen LogP contribution >= 0.6 is 0 Å². The molecule has 6 heteroatoms. The Morgan fingerprint density at radius 3 is 2.86 bits per heavy atom. The monoisotopic (exact) mass is 312 g/mol. The summed E-state index contributed by atoms with van der Waals surface area (Å²) in [7, 11) is -3.47. The smallest absolute Gasteiger partial charge is 0.243 e. The lowest BCUT2D eigenvalue weighted by atomic mass is 10.2. The van der Waals surface area contributed by atoms with Gasteiger partial charge in [-0.25, -0.2) is 8.42 Å². The van der Waals surface area contributed by atoms with Crippen LogP contribution < -0.4 is 5.32 Å². The zero-order valence-electron chi connectivity index (χ0n) is 12.7. The van der Waals surface area contributed by atoms with E-state index in [4.69, 9.17) is 4.74 Å². The Hall–Kier alpha value is -0.950. The van der Waals surface area contributed by atoms with Gasteiger partial charge in [0.05, 0.1) is 18.1 Å². The van der Waals surface area contributed by atoms with Gasteiger partial charge < -0.3 is 10.1 Å². The van der Waals surface area contributed by atoms with Crippen molar-refractivity contribution >= 4 is 10.0 Å². The summed E-state index contributed by atoms with van der Waals surface area (Å²) >= 11 is 0. The minimum atomic E-state index is -3.47. The fourth-order valence-electron chi connectivity index (χ4n) is 2.50. The number of morpholine rings is 1. The first-order valence-electron chi connectivity index (χ1n) is 7.45. The average Bonchev–Trinajstić information content (AvgIpc) is 2.48. The highest BCUT2D eigenvalue weighted by Gasteiger charge is 2.32. The molecule has 21 heavy (non-hydrogen) atoms. The van der Waals surface area contributed by atoms with Crippen LogP contribution in [0.3, 0.4) is 0 Å². The molecule has 1 aliphatic rings. The summed E-state index contributed by atoms with van der Waals surface area (Å²) in [6.07, 6.45) is 1.02. The van der Waals surface area contributed by atoms with Crippen molar-refractivity contribution in [1.82, 2.24) is 9.62 Å². The van der Waals surface area contributed by atoms with Crippen molar-refractivity contribution in [2.75, 3.05) is 26.3 Å². The van der Waals surface area contributed by atoms with Crippen LogP contribution in [0.4, 0.5) is 0 Å². The van der Waals surface area contributed by atoms with E-state index >= 15 is 0 Å². The summed E-state index contributed by atoms with van der Waals surface area (Å²) in [4.78, 5) is 0.405. The summed E-state index contributed by atoms with van der Waals surface area (Å²) in [6, 6.07) is 7.10. The van der Waals surface area contributed by atoms with E-state index in [1.807, 2.05) is 19.1 Å². The lowest BCUT2D eigenvalue weighted by molar-refractivity contribution is 0.0392. The van der Waals surface area contributed by atoms with Crippen molar-refractivity contribution in [3.63, 3.8) is 0 Å². The molecule has 1 aromatic carbocycles. The number of hydrogen-bond donors (Lipinski definition) is 1. The second kappa shape index (κ2) is 7.35. The van der Waals surface area contributed by atoms with Crippen LogP contribution in [0, 0.1) is 0 Å². The van der Waals surface area contributed by atoms with Crippen LogP contribution in [-0.4, -0.2) is 45.1 Å². The van der Waals surface area contributed by atoms with Crippen LogP contribution in [0.25, 0.3) is 0 Å². The molecule has 1 fully saturated rings. The topological polar surface area (TPSA) is 58.6 Å². The number of benzene rings is 1. The third-order valence-corrected chi connectivity index (χ3v) is 5.72. The third-order valence-electron chi connectivity index (χ3n) is 3.61. The van der Waals surface area contributed by atoms with Gasteiger partial charge >= 0.3 is 0 Å². The average molecular weight is 312 g/mol. The Morgan fingerprint density at radius 1 is 1.38 bits per heavy atom. The van der Waals surface area contributed by atoms with Gasteiger partial charge in [0.2, 0.25) is 10.0 Å². The summed E-state index contributed by atoms with van der Waals surface area (Å²) in [6.45, 7) is 6.75. The Labute approximate surface area is 127 Å². The standard InChI is InChI=1S/C15H24N2O3S/c1-3-8-16-11-14-6-4-5-7-15(14)21(18,19)17-9-10-20-12-13(17)2/h4-7,13,16H,3,8-12H2,1-2H3. The predicted octanol–water partition coefficient (Wildman–Crippen LogP) is 1.60. The first-order chi connectivity index (χ1) is 10.1. The predicted molar refractivity (Wildman–Crippen MR) is 82.6 cm³/mol. The Kier molecular flexibility index (Phi) is 5.75. The van der Waals surface area contributed by atoms with Gasteiger partial charge in [0.1, 0.15) is 0 Å². The molecular formula is C15H24N2O3S. The minimum absolute atomic E-state index is 0.125. The summed E-state index contributed by atoms with van der Waals surface area (Å²) in [5, 5.41) is 3.27. The SMILES string of the molecule is CCCNCc1ccccc1S(=O)(=O)N1CCOCC1C. The Balaban J connectivity index is 2.26. The van der Waals surface area contributed by atoms with Gasteiger partial charge in [-0.15, -0.1) is 0 Å². The van der Waals surface area contributed by atoms with Crippen LogP contribution in [0.2, 0.25) is 0 Å². The molecule has 5 nitrogen and oxygen atoms in total. The van der Waals surface area contributed by atoms with Crippen molar-refractivity contribution in [1.29, 1.82) is 0 Å². The van der Waals surface area contributed by atoms with Gasteiger partial charge in [-0.2, -0.15) is 4.31 Å². The fraction of sp³-hybridized carbons (Fsp3) is 0.600. The molecule has 1 aromatic rings. The van der Waals surface area contributed by atoms with E-state index in [9.17, 15) is 8.42 Å². The van der Waals surface area contributed by atoms with E-state index in [2.05, 4.69) is 12.2 Å². The van der Waals surface area contributed by atoms with Gasteiger partial charge in [-0.3, -0.25) is 0 Å². The fourth-order valence-corrected chi connectivity index (χ4v) is 4.32. The van der Waals surface area contributed by atoms with E-state index in [1.165, 1.54) is 0 Å². The van der Waals surface area contributed by atoms with Crippen molar-refractivity contribution in [2.24, 2.45) is 0 Å². The molecule has 2 rings (SSSR count). The van der Waals surface area contributed by atoms with Gasteiger partial charge in [0.15, 0.2) is 0 Å². The second-order valence-corrected chi connectivity index (χ2v) is 7.18. The third kappa shape index (κ3) is 3.83. The largest absolute Gasteiger partial charge is 0.378 e. The molecular weight excluding hydrogens is 288 g/mol. The quantitative estimate of drug-likeness (QED) is 0.811. The van der Waals surface area contributed by atoms with Crippen LogP contribution in [0.15, 0.2) is 29.2 Å². The summed E-state index contributed by atoms with van der Waals surface area (Å²) in [5.74, 6) is 0. The van der Waals surface area contributed by atoms with Crippen molar-refractivity contribution in [3.05, 3.63) is 29.8 Å². The van der Waals surface area contributed by atoms with E-state index < -0.39 is 10.0 Å². The van der Waals surface area contributed by atoms with Crippen LogP contribution in [0.5, 0.6) is 0 Å². The molecule has 0 bridgehead atoms. The molecule has 0 radical (unpaired) electrons. The van der Waals surface area contributed by atoms with E-state index in [0.29, 0.717) is 31.2 Å². The number of rotatable bonds is 6. The number of hydrogen-bond acceptors (Lipinski definition) is 4. The number of nitrogens with one attached hydrogen (secondary N) is 1. The first kappa shape index (κ1) is 16.4. The van der Waals surface area contributed by atoms with Crippen molar-refractivity contribution < 1.29 is 13.2 Å². The van der Waals surface area contributed by atoms with Crippen molar-refractivity contribution in [3.8, 4) is 0 Å². The highest BCUT2D eigenvalue weighted by molar-refractivity contribution is 7.89. The highest BCUT2D eigenvalue weighted by atomic mass is 32.2. The van der Waals surface area contributed by atoms with E-state index in [0.717, 1.165) is 18.5 Å². The molecule has 1 heterocycles. The van der Waals surface area contributed by atoms with Gasteiger partial charge in [0, 0.05) is 19.1 Å². The highest BCUT2D eigenvalue weighted by Crippen LogP contribution is 2.23. The number of ether oxygens (including phenoxy) is 1. The lowest BCUT2D eigenvalue weighted by Crippen LogP contribution is -2.47. The lowest BCUT2D eigenvalue weighted by Gasteiger charge is -2.32. The maximum absolute atomic E-state index is 12.9. The maximum atomic E-state index is 12.9. The molecule has 118 valence electrons. The van der Waals surface area contributed by atoms with Gasteiger partial charge in [0.25, 0.3) is 0 Å². The van der Waals surface area contributed by atoms with Gasteiger partial charge in [-0.1, -0.05) is 25.1 Å². The molecule has 0 saturated carbocycles. The minimum Gasteiger partial charge on any atom is -0.378 e. The summed E-state index contributed by atoms with van der Waals surface area (Å²) in [5.41, 5.74) is 0.824. The second-order valence-electron chi connectivity index (χ2n) is 5.32. The summed E-state index contributed by atoms with van der Waals surface area (Å²) < 4.78 is 32.7. The van der Waals surface area contributed by atoms with E-state index in [1.54, 1.807) is 16.4 Å². The maximum Gasteiger partial charge on any atom is 0.243 e. The van der Waals surface area contributed by atoms with E-state index in [-0.39, 0.29) is 6.04 Å². The molecule has 0 spiro atoms. The zero-order valence-corrected chi connectivity index (χ0v) is 13.5. The molecule has 1 N–H and O–H groups in total. The Morgan fingerprint density at radius 2 is 2.14 bits per heavy atom. The molecule has 1 aliphatic heterocycles. The van der Waals surface area contributed by atoms with Crippen LogP contribution in [0.1, 0.15) is 25.8 Å². The normalized spacial score (nSPS) is 20.6. The first-order valence-corrected chi connectivity index (χ1v) is 8.89. The number of sulfonamides is 1. The Bertz CT molecular complexity index is 560. The molecule has 1 unspecified atom stereocenters. The molecule has 1 atom stereocenters. The number of nitrogens with zero attached hydrogens (tertiary/aromatic N) is 1. The molecule has 0 aliphatic carbocycles. The molecule has 0 amide bonds. The molecule has 0 aromatic heterocycles. The van der Waals surface area contributed by atoms with Crippen molar-refractivity contribution in [2.45, 2.75) is 37.8 Å². The van der Waals surface area contributed by atoms with Crippen LogP contribution in [-0.2, 0) is 21.3 Å². The van der Waals surface area contributed by atoms with Gasteiger partial charge in [-0.05, 0) is 31.5 Å².